The second-order valence-corrected chi connectivity index (χ2v) is 6.03. The molecule has 2 rings (SSSR count). The molecule has 0 aliphatic heterocycles. The number of benzene rings is 1. The van der Waals surface area contributed by atoms with Crippen LogP contribution in [-0.4, -0.2) is 18.4 Å². The average molecular weight is 347 g/mol. The molecule has 0 radical (unpaired) electrons. The SMILES string of the molecule is N#Cc1c(F)cccc1S(=O)(=O)Nc1c(Cl)ncnc1Cl. The molecule has 0 bridgehead atoms. The van der Waals surface area contributed by atoms with Crippen molar-refractivity contribution in [3.63, 3.8) is 0 Å². The number of hydrogen-bond donors (Lipinski definition) is 1. The van der Waals surface area contributed by atoms with E-state index in [2.05, 4.69) is 9.97 Å². The number of aromatic nitrogens is 2. The summed E-state index contributed by atoms with van der Waals surface area (Å²) in [6.07, 6.45) is 1.05. The molecule has 0 atom stereocenters. The minimum atomic E-state index is -4.28. The summed E-state index contributed by atoms with van der Waals surface area (Å²) in [7, 11) is -4.28. The van der Waals surface area contributed by atoms with E-state index in [1.165, 1.54) is 6.07 Å². The van der Waals surface area contributed by atoms with E-state index in [1.807, 2.05) is 4.72 Å². The molecule has 1 N–H and O–H groups in total. The van der Waals surface area contributed by atoms with Gasteiger partial charge in [-0.15, -0.1) is 0 Å². The Morgan fingerprint density at radius 1 is 1.24 bits per heavy atom. The fourth-order valence-electron chi connectivity index (χ4n) is 1.45. The van der Waals surface area contributed by atoms with Gasteiger partial charge in [0.1, 0.15) is 34.4 Å². The normalized spacial score (nSPS) is 11.0. The lowest BCUT2D eigenvalue weighted by atomic mass is 10.2. The first-order valence-corrected chi connectivity index (χ1v) is 7.48. The van der Waals surface area contributed by atoms with E-state index in [0.717, 1.165) is 24.5 Å². The maximum absolute atomic E-state index is 13.5. The summed E-state index contributed by atoms with van der Waals surface area (Å²) in [5.74, 6) is -0.957. The van der Waals surface area contributed by atoms with Gasteiger partial charge in [0.2, 0.25) is 0 Å². The highest BCUT2D eigenvalue weighted by atomic mass is 35.5. The van der Waals surface area contributed by atoms with E-state index in [1.54, 1.807) is 0 Å². The zero-order valence-electron chi connectivity index (χ0n) is 10.0. The topological polar surface area (TPSA) is 95.7 Å². The lowest BCUT2D eigenvalue weighted by Crippen LogP contribution is -2.16. The second kappa shape index (κ2) is 5.81. The predicted octanol–water partition coefficient (Wildman–Crippen LogP) is 2.59. The third-order valence-corrected chi connectivity index (χ3v) is 4.33. The number of hydrogen-bond acceptors (Lipinski definition) is 5. The maximum atomic E-state index is 13.5. The van der Waals surface area contributed by atoms with Gasteiger partial charge in [0.05, 0.1) is 0 Å². The van der Waals surface area contributed by atoms with Gasteiger partial charge in [-0.3, -0.25) is 4.72 Å². The Morgan fingerprint density at radius 2 is 1.86 bits per heavy atom. The van der Waals surface area contributed by atoms with Gasteiger partial charge in [0, 0.05) is 0 Å². The molecular weight excluding hydrogens is 342 g/mol. The second-order valence-electron chi connectivity index (χ2n) is 3.66. The van der Waals surface area contributed by atoms with Crippen LogP contribution in [0.2, 0.25) is 10.3 Å². The first-order valence-electron chi connectivity index (χ1n) is 5.24. The first kappa shape index (κ1) is 15.4. The van der Waals surface area contributed by atoms with Crippen molar-refractivity contribution in [1.29, 1.82) is 5.26 Å². The fourth-order valence-corrected chi connectivity index (χ4v) is 3.22. The van der Waals surface area contributed by atoms with Crippen LogP contribution in [0.25, 0.3) is 0 Å². The highest BCUT2D eigenvalue weighted by molar-refractivity contribution is 7.92. The standard InChI is InChI=1S/C11H5Cl2FN4O2S/c12-10-9(11(13)17-5-16-10)18-21(19,20)8-3-1-2-7(14)6(8)4-15/h1-3,5,18H. The number of halogens is 3. The van der Waals surface area contributed by atoms with Gasteiger partial charge in [0.25, 0.3) is 10.0 Å². The van der Waals surface area contributed by atoms with Gasteiger partial charge in [-0.25, -0.2) is 22.8 Å². The van der Waals surface area contributed by atoms with Gasteiger partial charge in [-0.2, -0.15) is 5.26 Å². The van der Waals surface area contributed by atoms with Crippen LogP contribution in [-0.2, 0) is 10.0 Å². The molecule has 2 aromatic rings. The number of nitrogens with one attached hydrogen (secondary N) is 1. The molecule has 0 fully saturated rings. The van der Waals surface area contributed by atoms with Gasteiger partial charge < -0.3 is 0 Å². The van der Waals surface area contributed by atoms with Crippen LogP contribution in [0.3, 0.4) is 0 Å². The Kier molecular flexibility index (Phi) is 4.27. The molecule has 0 amide bonds. The zero-order chi connectivity index (χ0) is 15.6. The van der Waals surface area contributed by atoms with E-state index >= 15 is 0 Å². The predicted molar refractivity (Wildman–Crippen MR) is 74.0 cm³/mol. The summed E-state index contributed by atoms with van der Waals surface area (Å²) in [5, 5.41) is 8.42. The summed E-state index contributed by atoms with van der Waals surface area (Å²) in [5.41, 5.74) is -0.872. The largest absolute Gasteiger partial charge is 0.274 e. The molecule has 6 nitrogen and oxygen atoms in total. The molecule has 21 heavy (non-hydrogen) atoms. The molecule has 0 unspecified atom stereocenters. The average Bonchev–Trinajstić information content (AvgIpc) is 2.43. The molecule has 0 aliphatic carbocycles. The summed E-state index contributed by atoms with van der Waals surface area (Å²) in [6, 6.07) is 4.71. The van der Waals surface area contributed by atoms with Crippen LogP contribution in [0.5, 0.6) is 0 Å². The summed E-state index contributed by atoms with van der Waals surface area (Å²) in [6.45, 7) is 0. The van der Waals surface area contributed by atoms with Crippen molar-refractivity contribution in [1.82, 2.24) is 9.97 Å². The summed E-state index contributed by atoms with van der Waals surface area (Å²) < 4.78 is 40.0. The Bertz CT molecular complexity index is 832. The van der Waals surface area contributed by atoms with Crippen molar-refractivity contribution in [2.45, 2.75) is 4.90 Å². The highest BCUT2D eigenvalue weighted by Gasteiger charge is 2.23. The number of nitrogens with zero attached hydrogens (tertiary/aromatic N) is 3. The van der Waals surface area contributed by atoms with Crippen molar-refractivity contribution in [2.75, 3.05) is 4.72 Å². The van der Waals surface area contributed by atoms with Crippen molar-refractivity contribution < 1.29 is 12.8 Å². The zero-order valence-corrected chi connectivity index (χ0v) is 12.3. The summed E-state index contributed by atoms with van der Waals surface area (Å²) in [4.78, 5) is 6.62. The lowest BCUT2D eigenvalue weighted by molar-refractivity contribution is 0.593. The van der Waals surface area contributed by atoms with E-state index in [0.29, 0.717) is 0 Å². The van der Waals surface area contributed by atoms with Gasteiger partial charge in [-0.05, 0) is 12.1 Å². The smallest absolute Gasteiger partial charge is 0.263 e. The molecule has 0 aliphatic rings. The van der Waals surface area contributed by atoms with Gasteiger partial charge in [0.15, 0.2) is 10.3 Å². The third-order valence-electron chi connectivity index (χ3n) is 2.37. The van der Waals surface area contributed by atoms with Gasteiger partial charge in [-0.1, -0.05) is 29.3 Å². The van der Waals surface area contributed by atoms with Crippen molar-refractivity contribution in [3.05, 3.63) is 46.2 Å². The first-order chi connectivity index (χ1) is 9.86. The van der Waals surface area contributed by atoms with Crippen LogP contribution < -0.4 is 4.72 Å². The van der Waals surface area contributed by atoms with Crippen LogP contribution in [0.1, 0.15) is 5.56 Å². The van der Waals surface area contributed by atoms with Crippen LogP contribution in [0, 0.1) is 17.1 Å². The molecule has 0 spiro atoms. The third kappa shape index (κ3) is 3.05. The van der Waals surface area contributed by atoms with E-state index in [-0.39, 0.29) is 16.0 Å². The van der Waals surface area contributed by atoms with Crippen LogP contribution in [0.4, 0.5) is 10.1 Å². The van der Waals surface area contributed by atoms with E-state index < -0.39 is 26.3 Å². The van der Waals surface area contributed by atoms with Crippen molar-refractivity contribution >= 4 is 38.9 Å². The molecule has 0 saturated heterocycles. The Labute approximate surface area is 129 Å². The maximum Gasteiger partial charge on any atom is 0.263 e. The van der Waals surface area contributed by atoms with Crippen molar-refractivity contribution in [2.24, 2.45) is 0 Å². The number of anilines is 1. The number of nitriles is 1. The monoisotopic (exact) mass is 346 g/mol. The van der Waals surface area contributed by atoms with Crippen LogP contribution in [0.15, 0.2) is 29.4 Å². The Hall–Kier alpha value is -1.95. The van der Waals surface area contributed by atoms with E-state index in [4.69, 9.17) is 28.5 Å². The highest BCUT2D eigenvalue weighted by Crippen LogP contribution is 2.29. The minimum absolute atomic E-state index is 0.228. The molecule has 1 heterocycles. The molecule has 0 saturated carbocycles. The molecule has 1 aromatic carbocycles. The molecule has 10 heteroatoms. The number of sulfonamides is 1. The van der Waals surface area contributed by atoms with E-state index in [9.17, 15) is 12.8 Å². The van der Waals surface area contributed by atoms with Crippen molar-refractivity contribution in [3.8, 4) is 6.07 Å². The fraction of sp³-hybridized carbons (Fsp3) is 0. The van der Waals surface area contributed by atoms with Gasteiger partial charge >= 0.3 is 0 Å². The Balaban J connectivity index is 2.55. The minimum Gasteiger partial charge on any atom is -0.274 e. The number of rotatable bonds is 3. The molecule has 108 valence electrons. The molecule has 1 aromatic heterocycles. The van der Waals surface area contributed by atoms with Crippen LogP contribution >= 0.6 is 23.2 Å². The summed E-state index contributed by atoms with van der Waals surface area (Å²) >= 11 is 11.5. The lowest BCUT2D eigenvalue weighted by Gasteiger charge is -2.11. The Morgan fingerprint density at radius 3 is 2.43 bits per heavy atom. The quantitative estimate of drug-likeness (QED) is 0.861. The molecular formula is C11H5Cl2FN4O2S.